The third kappa shape index (κ3) is 15.6. The molecule has 1 unspecified atom stereocenters. The lowest BCUT2D eigenvalue weighted by atomic mass is 9.78. The highest BCUT2D eigenvalue weighted by molar-refractivity contribution is 7.89. The molecular weight excluding hydrogens is 941 g/mol. The first-order valence-corrected chi connectivity index (χ1v) is 27.8. The minimum atomic E-state index is -4.06. The van der Waals surface area contributed by atoms with Gasteiger partial charge in [0, 0.05) is 38.6 Å². The number of nitrogens with one attached hydrogen (secondary N) is 1. The molecule has 4 aliphatic rings. The number of aliphatic hydroxyl groups excluding tert-OH is 2. The van der Waals surface area contributed by atoms with Crippen molar-refractivity contribution >= 4 is 33.5 Å². The fourth-order valence-electron chi connectivity index (χ4n) is 11.1. The Bertz CT molecular complexity index is 2210. The van der Waals surface area contributed by atoms with E-state index in [2.05, 4.69) is 4.72 Å². The van der Waals surface area contributed by atoms with Gasteiger partial charge in [-0.25, -0.2) is 17.9 Å². The number of hydrogen-bond acceptors (Lipinski definition) is 13. The number of piperidine rings is 1. The number of nitrogens with zero attached hydrogens (tertiary/aromatic N) is 1. The molecule has 1 aromatic carbocycles. The molecule has 2 saturated heterocycles. The van der Waals surface area contributed by atoms with Crippen molar-refractivity contribution in [3.8, 4) is 0 Å². The molecule has 15 atom stereocenters. The predicted octanol–water partition coefficient (Wildman–Crippen LogP) is 7.33. The zero-order chi connectivity index (χ0) is 52.9. The summed E-state index contributed by atoms with van der Waals surface area (Å²) < 4.78 is 54.3. The van der Waals surface area contributed by atoms with E-state index >= 15 is 0 Å². The molecule has 1 saturated carbocycles. The van der Waals surface area contributed by atoms with Gasteiger partial charge in [-0.1, -0.05) is 94.8 Å². The minimum Gasteiger partial charge on any atom is -0.461 e. The Morgan fingerprint density at radius 2 is 1.56 bits per heavy atom. The monoisotopic (exact) mass is 1020 g/mol. The van der Waals surface area contributed by atoms with Gasteiger partial charge in [-0.2, -0.15) is 0 Å². The Hall–Kier alpha value is -3.87. The number of allylic oxidation sites excluding steroid dienone is 6. The van der Waals surface area contributed by atoms with Gasteiger partial charge in [-0.15, -0.1) is 0 Å². The summed E-state index contributed by atoms with van der Waals surface area (Å²) in [6.07, 6.45) is 12.7. The highest BCUT2D eigenvalue weighted by atomic mass is 32.2. The van der Waals surface area contributed by atoms with Crippen LogP contribution < -0.4 is 4.72 Å². The quantitative estimate of drug-likeness (QED) is 0.114. The maximum absolute atomic E-state index is 14.5. The van der Waals surface area contributed by atoms with Gasteiger partial charge >= 0.3 is 5.97 Å². The van der Waals surface area contributed by atoms with Crippen molar-refractivity contribution in [3.05, 3.63) is 77.9 Å². The summed E-state index contributed by atoms with van der Waals surface area (Å²) in [6, 6.07) is 5.98. The molecular formula is C56H84N2O13S. The van der Waals surface area contributed by atoms with E-state index in [0.29, 0.717) is 75.4 Å². The van der Waals surface area contributed by atoms with E-state index in [9.17, 15) is 42.9 Å². The van der Waals surface area contributed by atoms with Gasteiger partial charge in [0.2, 0.25) is 15.8 Å². The van der Waals surface area contributed by atoms with Crippen LogP contribution in [0.25, 0.3) is 0 Å². The lowest BCUT2D eigenvalue weighted by Crippen LogP contribution is -2.61. The number of cyclic esters (lactones) is 1. The molecule has 16 heteroatoms. The van der Waals surface area contributed by atoms with E-state index in [4.69, 9.17) is 18.9 Å². The van der Waals surface area contributed by atoms with E-state index in [-0.39, 0.29) is 59.8 Å². The van der Waals surface area contributed by atoms with Gasteiger partial charge in [0.05, 0.1) is 23.2 Å². The summed E-state index contributed by atoms with van der Waals surface area (Å²) in [5.74, 6) is -6.98. The van der Waals surface area contributed by atoms with Crippen LogP contribution in [-0.4, -0.2) is 127 Å². The molecule has 3 fully saturated rings. The Morgan fingerprint density at radius 3 is 2.25 bits per heavy atom. The molecule has 1 aliphatic carbocycles. The van der Waals surface area contributed by atoms with Crippen LogP contribution in [0.4, 0.5) is 0 Å². The highest BCUT2D eigenvalue weighted by Gasteiger charge is 2.53. The Morgan fingerprint density at radius 1 is 0.833 bits per heavy atom. The molecule has 72 heavy (non-hydrogen) atoms. The van der Waals surface area contributed by atoms with Crippen LogP contribution in [0.5, 0.6) is 0 Å². The number of amides is 1. The molecule has 1 amide bonds. The molecule has 15 nitrogen and oxygen atoms in total. The Balaban J connectivity index is 1.49. The smallest absolute Gasteiger partial charge is 0.329 e. The third-order valence-corrected chi connectivity index (χ3v) is 17.1. The molecule has 1 aromatic rings. The number of sulfonamides is 1. The number of aliphatic hydroxyl groups is 3. The van der Waals surface area contributed by atoms with E-state index < -0.39 is 87.9 Å². The van der Waals surface area contributed by atoms with Gasteiger partial charge in [-0.05, 0) is 139 Å². The Kier molecular flexibility index (Phi) is 22.2. The van der Waals surface area contributed by atoms with Gasteiger partial charge in [0.15, 0.2) is 5.78 Å². The number of esters is 1. The standard InChI is InChI=1S/C56H84N2O13S/c1-35-18-12-10-13-19-37(3)45(57-72(66,67)44-20-14-11-15-21-44)34-43-26-24-41(7)56(65,71-43)53(62)54(63)58-29-17-16-22-46(58)55(64)70-48(38(4)32-42-25-27-47(59)49(33-42)68-8)28-23-36(2)31-40(6)51(61)52(69-9)50(60)39(5)30-35/h10-15,18-21,31,35-36,38-39,41-43,45-49,51-52,57,59,61,65H,16-17,22-30,32-34H2,1-9H3/b13-10+,18-12+,37-19+,40-31+/t35-,36+,38-,39-,41-,42+,43+,45?,46+,47-,48+,49-,51-,52+,56-/m1/s1. The second kappa shape index (κ2) is 27.1. The first-order chi connectivity index (χ1) is 34.1. The minimum absolute atomic E-state index is 0.0220. The van der Waals surface area contributed by atoms with Crippen molar-refractivity contribution in [1.29, 1.82) is 0 Å². The first kappa shape index (κ1) is 59.0. The van der Waals surface area contributed by atoms with Crippen molar-refractivity contribution in [1.82, 2.24) is 9.62 Å². The summed E-state index contributed by atoms with van der Waals surface area (Å²) in [5, 5.41) is 34.2. The van der Waals surface area contributed by atoms with Crippen LogP contribution in [0.3, 0.4) is 0 Å². The van der Waals surface area contributed by atoms with Gasteiger partial charge in [0.25, 0.3) is 11.7 Å². The van der Waals surface area contributed by atoms with Crippen LogP contribution in [0.1, 0.15) is 132 Å². The molecule has 402 valence electrons. The van der Waals surface area contributed by atoms with Gasteiger partial charge in [-0.3, -0.25) is 14.4 Å². The number of rotatable bonds is 8. The molecule has 0 aromatic heterocycles. The summed E-state index contributed by atoms with van der Waals surface area (Å²) in [7, 11) is -1.04. The van der Waals surface area contributed by atoms with Crippen molar-refractivity contribution < 1.29 is 61.9 Å². The maximum atomic E-state index is 14.5. The lowest BCUT2D eigenvalue weighted by Gasteiger charge is -2.43. The second-order valence-corrected chi connectivity index (χ2v) is 23.2. The number of fused-ring (bicyclic) bond motifs is 3. The number of carbonyl (C=O) groups excluding carboxylic acids is 4. The predicted molar refractivity (Wildman–Crippen MR) is 275 cm³/mol. The second-order valence-electron chi connectivity index (χ2n) is 21.4. The number of Topliss-reactive ketones (excluding diaryl/α,β-unsaturated/α-hetero) is 2. The Labute approximate surface area is 428 Å². The molecule has 5 rings (SSSR count). The van der Waals surface area contributed by atoms with Gasteiger partial charge in [0.1, 0.15) is 24.4 Å². The number of benzene rings is 1. The number of hydrogen-bond donors (Lipinski definition) is 4. The SMILES string of the molecule is CO[C@@H]1C[C@H](C[C@@H](C)[C@@H]2CC[C@H](C)/C=C(\C)[C@@H](O)[C@@H](OC)C(=O)[C@H](C)C[C@H](C)/C=C/C=C/C=C(\C)C(NS(=O)(=O)c3ccccc3)C[C@@H]3CC[C@@H](C)[C@@](O)(O3)C(=O)C(=O)N3CCCC[C@H]3C(=O)O2)CC[C@H]1O. The van der Waals surface area contributed by atoms with E-state index in [1.54, 1.807) is 64.3 Å². The largest absolute Gasteiger partial charge is 0.461 e. The number of ketones is 2. The van der Waals surface area contributed by atoms with E-state index in [1.165, 1.54) is 24.1 Å². The molecule has 2 bridgehead atoms. The van der Waals surface area contributed by atoms with Crippen LogP contribution >= 0.6 is 0 Å². The fourth-order valence-corrected chi connectivity index (χ4v) is 12.4. The number of ether oxygens (including phenoxy) is 4. The average Bonchev–Trinajstić information content (AvgIpc) is 3.35. The molecule has 3 aliphatic heterocycles. The van der Waals surface area contributed by atoms with Gasteiger partial charge < -0.3 is 39.2 Å². The topological polar surface area (TPSA) is 215 Å². The van der Waals surface area contributed by atoms with Crippen LogP contribution in [0, 0.1) is 35.5 Å². The van der Waals surface area contributed by atoms with Crippen LogP contribution in [0.2, 0.25) is 0 Å². The number of methoxy groups -OCH3 is 2. The third-order valence-electron chi connectivity index (χ3n) is 15.6. The maximum Gasteiger partial charge on any atom is 0.329 e. The van der Waals surface area contributed by atoms with Crippen molar-refractivity contribution in [3.63, 3.8) is 0 Å². The summed E-state index contributed by atoms with van der Waals surface area (Å²) in [4.78, 5) is 58.5. The van der Waals surface area contributed by atoms with Crippen molar-refractivity contribution in [2.45, 2.75) is 191 Å². The van der Waals surface area contributed by atoms with E-state index in [0.717, 1.165) is 6.42 Å². The van der Waals surface area contributed by atoms with Crippen molar-refractivity contribution in [2.24, 2.45) is 35.5 Å². The molecule has 0 radical (unpaired) electrons. The fraction of sp³-hybridized carbons (Fsp3) is 0.679. The summed E-state index contributed by atoms with van der Waals surface area (Å²) >= 11 is 0. The van der Waals surface area contributed by atoms with E-state index in [1.807, 2.05) is 45.9 Å². The first-order valence-electron chi connectivity index (χ1n) is 26.3. The number of carbonyl (C=O) groups is 4. The normalized spacial score (nSPS) is 37.8. The summed E-state index contributed by atoms with van der Waals surface area (Å²) in [6.45, 7) is 13.1. The average molecular weight is 1030 g/mol. The highest BCUT2D eigenvalue weighted by Crippen LogP contribution is 2.38. The van der Waals surface area contributed by atoms with Crippen LogP contribution in [0.15, 0.2) is 82.8 Å². The summed E-state index contributed by atoms with van der Waals surface area (Å²) in [5.41, 5.74) is 1.19. The zero-order valence-corrected chi connectivity index (χ0v) is 44.9. The van der Waals surface area contributed by atoms with Crippen molar-refractivity contribution in [2.75, 3.05) is 20.8 Å². The zero-order valence-electron chi connectivity index (χ0n) is 44.1. The molecule has 0 spiro atoms. The molecule has 3 heterocycles. The molecule has 4 N–H and O–H groups in total. The van der Waals surface area contributed by atoms with Crippen LogP contribution in [-0.2, 0) is 48.1 Å². The lowest BCUT2D eigenvalue weighted by molar-refractivity contribution is -0.264.